The van der Waals surface area contributed by atoms with Crippen molar-refractivity contribution in [3.63, 3.8) is 0 Å². The molecule has 0 saturated carbocycles. The zero-order valence-electron chi connectivity index (χ0n) is 12.2. The summed E-state index contributed by atoms with van der Waals surface area (Å²) in [5.74, 6) is -0.607. The van der Waals surface area contributed by atoms with E-state index in [0.29, 0.717) is 0 Å². The summed E-state index contributed by atoms with van der Waals surface area (Å²) in [5, 5.41) is 16.3. The van der Waals surface area contributed by atoms with Gasteiger partial charge in [0.05, 0.1) is 12.0 Å². The van der Waals surface area contributed by atoms with Crippen molar-refractivity contribution >= 4 is 23.0 Å². The molecule has 1 atom stereocenters. The molecular weight excluding hydrogens is 299 g/mol. The van der Waals surface area contributed by atoms with E-state index in [0.717, 1.165) is 22.3 Å². The van der Waals surface area contributed by atoms with Crippen LogP contribution in [0.3, 0.4) is 0 Å². The molecule has 0 spiro atoms. The fourth-order valence-corrected chi connectivity index (χ4v) is 1.92. The first-order chi connectivity index (χ1) is 9.49. The van der Waals surface area contributed by atoms with Crippen molar-refractivity contribution in [2.45, 2.75) is 26.4 Å². The smallest absolute Gasteiger partial charge is 0.548 e. The number of amides is 2. The predicted octanol–water partition coefficient (Wildman–Crippen LogP) is -2.32. The predicted molar refractivity (Wildman–Crippen MR) is 70.8 cm³/mol. The van der Waals surface area contributed by atoms with E-state index in [4.69, 9.17) is 4.42 Å². The van der Waals surface area contributed by atoms with Crippen molar-refractivity contribution in [2.24, 2.45) is 0 Å². The van der Waals surface area contributed by atoms with Crippen LogP contribution in [0.2, 0.25) is 0 Å². The molecule has 7 heteroatoms. The Kier molecular flexibility index (Phi) is 6.89. The summed E-state index contributed by atoms with van der Waals surface area (Å²) in [6.45, 7) is 3.42. The molecule has 2 N–H and O–H groups in total. The number of rotatable bonds is 4. The van der Waals surface area contributed by atoms with Gasteiger partial charge in [-0.15, -0.1) is 0 Å². The van der Waals surface area contributed by atoms with E-state index in [1.54, 1.807) is 0 Å². The Labute approximate surface area is 164 Å². The van der Waals surface area contributed by atoms with E-state index < -0.39 is 18.0 Å². The molecule has 6 nitrogen and oxygen atoms in total. The molecular formula is C14H15KN2O4. The minimum absolute atomic E-state index is 0. The summed E-state index contributed by atoms with van der Waals surface area (Å²) in [6, 6.07) is 5.91. The van der Waals surface area contributed by atoms with Crippen molar-refractivity contribution in [1.82, 2.24) is 10.6 Å². The van der Waals surface area contributed by atoms with Gasteiger partial charge in [-0.05, 0) is 19.9 Å². The van der Waals surface area contributed by atoms with Gasteiger partial charge in [-0.3, -0.25) is 0 Å². The maximum Gasteiger partial charge on any atom is 1.00 e. The number of nitrogens with one attached hydrogen (secondary N) is 2. The number of carbonyl (C=O) groups excluding carboxylic acids is 2. The molecule has 1 aromatic heterocycles. The zero-order chi connectivity index (χ0) is 14.7. The van der Waals surface area contributed by atoms with Crippen LogP contribution in [0.25, 0.3) is 11.0 Å². The van der Waals surface area contributed by atoms with Crippen LogP contribution in [0.15, 0.2) is 28.7 Å². The summed E-state index contributed by atoms with van der Waals surface area (Å²) in [4.78, 5) is 22.1. The van der Waals surface area contributed by atoms with Crippen LogP contribution in [0.5, 0.6) is 0 Å². The summed E-state index contributed by atoms with van der Waals surface area (Å²) in [7, 11) is 0. The van der Waals surface area contributed by atoms with Crippen LogP contribution in [-0.4, -0.2) is 18.0 Å². The number of benzene rings is 1. The molecule has 1 heterocycles. The third-order valence-corrected chi connectivity index (χ3v) is 3.03. The van der Waals surface area contributed by atoms with E-state index in [1.165, 1.54) is 6.92 Å². The second-order valence-electron chi connectivity index (χ2n) is 4.50. The minimum Gasteiger partial charge on any atom is -0.548 e. The van der Waals surface area contributed by atoms with Crippen LogP contribution >= 0.6 is 0 Å². The molecule has 0 unspecified atom stereocenters. The molecule has 2 aromatic rings. The van der Waals surface area contributed by atoms with E-state index in [9.17, 15) is 14.7 Å². The number of carbonyl (C=O) groups is 2. The van der Waals surface area contributed by atoms with Gasteiger partial charge in [-0.25, -0.2) is 4.79 Å². The largest absolute Gasteiger partial charge is 1.00 e. The van der Waals surface area contributed by atoms with Crippen molar-refractivity contribution < 1.29 is 70.5 Å². The normalized spacial score (nSPS) is 11.5. The molecule has 0 radical (unpaired) electrons. The summed E-state index contributed by atoms with van der Waals surface area (Å²) < 4.78 is 5.57. The summed E-state index contributed by atoms with van der Waals surface area (Å²) >= 11 is 0. The monoisotopic (exact) mass is 314 g/mol. The Hall–Kier alpha value is -0.864. The topological polar surface area (TPSA) is 94.4 Å². The van der Waals surface area contributed by atoms with Crippen LogP contribution in [0.4, 0.5) is 4.79 Å². The zero-order valence-corrected chi connectivity index (χ0v) is 15.3. The molecule has 1 aromatic carbocycles. The van der Waals surface area contributed by atoms with Gasteiger partial charge in [0.15, 0.2) is 0 Å². The van der Waals surface area contributed by atoms with Gasteiger partial charge in [-0.1, -0.05) is 18.2 Å². The number of furan rings is 1. The van der Waals surface area contributed by atoms with Crippen LogP contribution in [0, 0.1) is 6.92 Å². The number of aliphatic carboxylic acids is 1. The molecule has 0 bridgehead atoms. The fraction of sp³-hybridized carbons (Fsp3) is 0.286. The van der Waals surface area contributed by atoms with Gasteiger partial charge < -0.3 is 25.0 Å². The number of hydrogen-bond acceptors (Lipinski definition) is 4. The van der Waals surface area contributed by atoms with Crippen LogP contribution in [-0.2, 0) is 11.3 Å². The minimum atomic E-state index is -1.33. The van der Waals surface area contributed by atoms with Gasteiger partial charge in [0.1, 0.15) is 11.3 Å². The first kappa shape index (κ1) is 18.2. The van der Waals surface area contributed by atoms with Crippen molar-refractivity contribution in [1.29, 1.82) is 0 Å². The number of carboxylic acid groups (broad SMARTS) is 1. The number of aryl methyl sites for hydroxylation is 1. The Bertz CT molecular complexity index is 653. The molecule has 2 amide bonds. The summed E-state index contributed by atoms with van der Waals surface area (Å²) in [5.41, 5.74) is 1.63. The van der Waals surface area contributed by atoms with Crippen LogP contribution < -0.4 is 67.1 Å². The van der Waals surface area contributed by atoms with Gasteiger partial charge in [0.25, 0.3) is 0 Å². The number of urea groups is 1. The first-order valence-electron chi connectivity index (χ1n) is 6.21. The van der Waals surface area contributed by atoms with E-state index in [-0.39, 0.29) is 57.9 Å². The average molecular weight is 314 g/mol. The Morgan fingerprint density at radius 3 is 2.67 bits per heavy atom. The van der Waals surface area contributed by atoms with Crippen LogP contribution in [0.1, 0.15) is 18.2 Å². The second-order valence-corrected chi connectivity index (χ2v) is 4.50. The maximum absolute atomic E-state index is 11.6. The van der Waals surface area contributed by atoms with Crippen molar-refractivity contribution in [3.05, 3.63) is 35.6 Å². The average Bonchev–Trinajstić information content (AvgIpc) is 2.71. The summed E-state index contributed by atoms with van der Waals surface area (Å²) in [6.07, 6.45) is 0. The Morgan fingerprint density at radius 1 is 1.33 bits per heavy atom. The number of hydrogen-bond donors (Lipinski definition) is 2. The van der Waals surface area contributed by atoms with Gasteiger partial charge in [0.2, 0.25) is 0 Å². The molecule has 106 valence electrons. The molecule has 2 rings (SSSR count). The van der Waals surface area contributed by atoms with Gasteiger partial charge in [-0.2, -0.15) is 0 Å². The molecule has 0 saturated heterocycles. The van der Waals surface area contributed by atoms with E-state index in [1.807, 2.05) is 31.2 Å². The molecule has 0 aliphatic carbocycles. The van der Waals surface area contributed by atoms with Crippen molar-refractivity contribution in [3.8, 4) is 0 Å². The fourth-order valence-electron chi connectivity index (χ4n) is 1.92. The second kappa shape index (κ2) is 7.95. The first-order valence-corrected chi connectivity index (χ1v) is 6.21. The third-order valence-electron chi connectivity index (χ3n) is 3.03. The Balaban J connectivity index is 0.00000220. The molecule has 0 fully saturated rings. The molecule has 21 heavy (non-hydrogen) atoms. The van der Waals surface area contributed by atoms with Gasteiger partial charge >= 0.3 is 57.4 Å². The van der Waals surface area contributed by atoms with Crippen molar-refractivity contribution in [2.75, 3.05) is 0 Å². The SMILES string of the molecule is Cc1oc2ccccc2c1CNC(=O)N[C@H](C)C(=O)[O-].[K+]. The number of para-hydroxylation sites is 1. The molecule has 0 aliphatic rings. The van der Waals surface area contributed by atoms with Gasteiger partial charge in [0, 0.05) is 17.5 Å². The standard InChI is InChI=1S/C14H16N2O4.K/c1-8(13(17)18)16-14(19)15-7-11-9(2)20-12-6-4-3-5-10(11)12;/h3-6,8H,7H2,1-2H3,(H,17,18)(H2,15,16,19);/q;+1/p-1/t8-;/m1./s1. The molecule has 0 aliphatic heterocycles. The van der Waals surface area contributed by atoms with E-state index in [2.05, 4.69) is 10.6 Å². The third kappa shape index (κ3) is 4.55. The quantitative estimate of drug-likeness (QED) is 0.620. The maximum atomic E-state index is 11.6. The number of fused-ring (bicyclic) bond motifs is 1. The Morgan fingerprint density at radius 2 is 2.00 bits per heavy atom. The van der Waals surface area contributed by atoms with E-state index >= 15 is 0 Å². The number of carboxylic acids is 1.